The molecule has 0 aliphatic heterocycles. The van der Waals surface area contributed by atoms with Crippen LogP contribution in [0, 0.1) is 11.3 Å². The molecule has 64 valence electrons. The number of carbonyl (C=O) groups is 1. The van der Waals surface area contributed by atoms with Gasteiger partial charge in [0.25, 0.3) is 0 Å². The summed E-state index contributed by atoms with van der Waals surface area (Å²) in [4.78, 5) is 10.8. The molecular formula is C11H9NO. The Labute approximate surface area is 76.8 Å². The van der Waals surface area contributed by atoms with E-state index in [9.17, 15) is 4.79 Å². The van der Waals surface area contributed by atoms with Gasteiger partial charge in [0.2, 0.25) is 0 Å². The molecule has 2 nitrogen and oxygen atoms in total. The van der Waals surface area contributed by atoms with E-state index in [4.69, 9.17) is 5.26 Å². The Bertz CT molecular complexity index is 364. The van der Waals surface area contributed by atoms with Crippen LogP contribution in [0.25, 0.3) is 0 Å². The Morgan fingerprint density at radius 3 is 2.31 bits per heavy atom. The van der Waals surface area contributed by atoms with E-state index in [0.29, 0.717) is 30.1 Å². The zero-order valence-corrected chi connectivity index (χ0v) is 7.16. The number of Topliss-reactive ketones (excluding diaryl/α,β-unsaturated/α-hetero) is 1. The molecule has 1 aromatic carbocycles. The van der Waals surface area contributed by atoms with Crippen LogP contribution in [0.2, 0.25) is 0 Å². The molecule has 0 saturated heterocycles. The molecule has 2 rings (SSSR count). The van der Waals surface area contributed by atoms with Crippen molar-refractivity contribution in [3.8, 4) is 6.07 Å². The van der Waals surface area contributed by atoms with E-state index in [-0.39, 0.29) is 0 Å². The fourth-order valence-corrected chi connectivity index (χ4v) is 1.56. The molecule has 1 aliphatic rings. The maximum atomic E-state index is 10.8. The Morgan fingerprint density at radius 1 is 1.23 bits per heavy atom. The predicted molar refractivity (Wildman–Crippen MR) is 48.1 cm³/mol. The maximum absolute atomic E-state index is 10.8. The van der Waals surface area contributed by atoms with Crippen molar-refractivity contribution in [2.75, 3.05) is 0 Å². The van der Waals surface area contributed by atoms with Gasteiger partial charge in [-0.2, -0.15) is 5.26 Å². The molecule has 1 aliphatic carbocycles. The first-order chi connectivity index (χ1) is 6.29. The molecule has 0 N–H and O–H groups in total. The van der Waals surface area contributed by atoms with Crippen LogP contribution >= 0.6 is 0 Å². The van der Waals surface area contributed by atoms with Crippen LogP contribution in [-0.4, -0.2) is 5.78 Å². The van der Waals surface area contributed by atoms with E-state index in [0.717, 1.165) is 0 Å². The van der Waals surface area contributed by atoms with E-state index in [1.165, 1.54) is 5.56 Å². The molecule has 1 saturated carbocycles. The molecule has 1 aromatic rings. The molecule has 0 atom stereocenters. The minimum Gasteiger partial charge on any atom is -0.300 e. The third-order valence-corrected chi connectivity index (χ3v) is 2.46. The largest absolute Gasteiger partial charge is 0.300 e. The molecule has 0 heterocycles. The normalized spacial score (nSPS) is 16.4. The zero-order chi connectivity index (χ0) is 9.26. The quantitative estimate of drug-likeness (QED) is 0.648. The van der Waals surface area contributed by atoms with Gasteiger partial charge in [-0.25, -0.2) is 0 Å². The van der Waals surface area contributed by atoms with Crippen molar-refractivity contribution in [1.29, 1.82) is 5.26 Å². The lowest BCUT2D eigenvalue weighted by Gasteiger charge is -2.24. The summed E-state index contributed by atoms with van der Waals surface area (Å²) in [5.41, 5.74) is 1.85. The molecule has 13 heavy (non-hydrogen) atoms. The highest BCUT2D eigenvalue weighted by Crippen LogP contribution is 2.33. The maximum Gasteiger partial charge on any atom is 0.134 e. The number of ketones is 1. The first kappa shape index (κ1) is 8.00. The minimum absolute atomic E-state index is 0.342. The van der Waals surface area contributed by atoms with E-state index < -0.39 is 0 Å². The van der Waals surface area contributed by atoms with Crippen molar-refractivity contribution < 1.29 is 4.79 Å². The summed E-state index contributed by atoms with van der Waals surface area (Å²) in [5, 5.41) is 8.58. The number of rotatable bonds is 1. The number of nitrogens with zero attached hydrogens (tertiary/aromatic N) is 1. The topological polar surface area (TPSA) is 40.9 Å². The average Bonchev–Trinajstić information content (AvgIpc) is 2.13. The summed E-state index contributed by atoms with van der Waals surface area (Å²) < 4.78 is 0. The van der Waals surface area contributed by atoms with Crippen molar-refractivity contribution in [1.82, 2.24) is 0 Å². The van der Waals surface area contributed by atoms with Crippen LogP contribution in [0.5, 0.6) is 0 Å². The molecule has 0 radical (unpaired) electrons. The summed E-state index contributed by atoms with van der Waals surface area (Å²) in [6.45, 7) is 0. The molecule has 0 aromatic heterocycles. The summed E-state index contributed by atoms with van der Waals surface area (Å²) in [7, 11) is 0. The molecule has 0 unspecified atom stereocenters. The number of benzene rings is 1. The van der Waals surface area contributed by atoms with Gasteiger partial charge in [-0.05, 0) is 23.6 Å². The highest BCUT2D eigenvalue weighted by Gasteiger charge is 2.27. The van der Waals surface area contributed by atoms with Crippen LogP contribution in [0.15, 0.2) is 24.3 Å². The van der Waals surface area contributed by atoms with E-state index in [1.807, 2.05) is 12.1 Å². The van der Waals surface area contributed by atoms with Gasteiger partial charge < -0.3 is 0 Å². The van der Waals surface area contributed by atoms with Crippen molar-refractivity contribution in [3.63, 3.8) is 0 Å². The number of hydrogen-bond donors (Lipinski definition) is 0. The molecular weight excluding hydrogens is 162 g/mol. The van der Waals surface area contributed by atoms with Crippen LogP contribution < -0.4 is 0 Å². The molecule has 2 heteroatoms. The fraction of sp³-hybridized carbons (Fsp3) is 0.273. The van der Waals surface area contributed by atoms with E-state index >= 15 is 0 Å². The lowest BCUT2D eigenvalue weighted by atomic mass is 9.79. The molecule has 1 fully saturated rings. The Balaban J connectivity index is 2.15. The zero-order valence-electron chi connectivity index (χ0n) is 7.16. The lowest BCUT2D eigenvalue weighted by Crippen LogP contribution is -2.20. The lowest BCUT2D eigenvalue weighted by molar-refractivity contribution is -0.124. The fourth-order valence-electron chi connectivity index (χ4n) is 1.56. The highest BCUT2D eigenvalue weighted by molar-refractivity contribution is 5.86. The Kier molecular flexibility index (Phi) is 1.86. The number of carbonyl (C=O) groups excluding carboxylic acids is 1. The van der Waals surface area contributed by atoms with Gasteiger partial charge in [-0.1, -0.05) is 12.1 Å². The van der Waals surface area contributed by atoms with E-state index in [2.05, 4.69) is 6.07 Å². The van der Waals surface area contributed by atoms with Gasteiger partial charge >= 0.3 is 0 Å². The van der Waals surface area contributed by atoms with Gasteiger partial charge in [0, 0.05) is 12.8 Å². The highest BCUT2D eigenvalue weighted by atomic mass is 16.1. The van der Waals surface area contributed by atoms with Crippen molar-refractivity contribution in [2.45, 2.75) is 18.8 Å². The molecule has 0 bridgehead atoms. The summed E-state index contributed by atoms with van der Waals surface area (Å²) in [6, 6.07) is 9.56. The SMILES string of the molecule is N#Cc1ccc(C2CC(=O)C2)cc1. The Morgan fingerprint density at radius 2 is 1.85 bits per heavy atom. The first-order valence-electron chi connectivity index (χ1n) is 4.31. The van der Waals surface area contributed by atoms with Gasteiger partial charge in [-0.15, -0.1) is 0 Å². The third-order valence-electron chi connectivity index (χ3n) is 2.46. The first-order valence-corrected chi connectivity index (χ1v) is 4.31. The predicted octanol–water partition coefficient (Wildman–Crippen LogP) is 2.00. The summed E-state index contributed by atoms with van der Waals surface area (Å²) >= 11 is 0. The van der Waals surface area contributed by atoms with Crippen molar-refractivity contribution in [2.24, 2.45) is 0 Å². The number of hydrogen-bond acceptors (Lipinski definition) is 2. The van der Waals surface area contributed by atoms with Crippen molar-refractivity contribution in [3.05, 3.63) is 35.4 Å². The van der Waals surface area contributed by atoms with Crippen LogP contribution in [0.4, 0.5) is 0 Å². The summed E-state index contributed by atoms with van der Waals surface area (Å²) in [5.74, 6) is 0.745. The van der Waals surface area contributed by atoms with E-state index in [1.54, 1.807) is 12.1 Å². The average molecular weight is 171 g/mol. The molecule has 0 spiro atoms. The second-order valence-corrected chi connectivity index (χ2v) is 3.38. The van der Waals surface area contributed by atoms with Crippen molar-refractivity contribution >= 4 is 5.78 Å². The van der Waals surface area contributed by atoms with Gasteiger partial charge in [-0.3, -0.25) is 4.79 Å². The van der Waals surface area contributed by atoms with Crippen LogP contribution in [0.1, 0.15) is 29.9 Å². The third kappa shape index (κ3) is 1.46. The van der Waals surface area contributed by atoms with Crippen LogP contribution in [-0.2, 0) is 4.79 Å². The molecule has 0 amide bonds. The standard InChI is InChI=1S/C11H9NO/c12-7-8-1-3-9(4-2-8)10-5-11(13)6-10/h1-4,10H,5-6H2. The number of nitriles is 1. The summed E-state index contributed by atoms with van der Waals surface area (Å²) in [6.07, 6.45) is 1.35. The van der Waals surface area contributed by atoms with Gasteiger partial charge in [0.05, 0.1) is 11.6 Å². The smallest absolute Gasteiger partial charge is 0.134 e. The second-order valence-electron chi connectivity index (χ2n) is 3.38. The minimum atomic E-state index is 0.342. The Hall–Kier alpha value is -1.62. The second kappa shape index (κ2) is 3.02. The van der Waals surface area contributed by atoms with Crippen LogP contribution in [0.3, 0.4) is 0 Å². The monoisotopic (exact) mass is 171 g/mol. The van der Waals surface area contributed by atoms with Gasteiger partial charge in [0.1, 0.15) is 5.78 Å². The van der Waals surface area contributed by atoms with Gasteiger partial charge in [0.15, 0.2) is 0 Å².